The van der Waals surface area contributed by atoms with Crippen LogP contribution in [0.3, 0.4) is 0 Å². The average molecular weight is 401 g/mol. The van der Waals surface area contributed by atoms with Crippen LogP contribution in [-0.2, 0) is 12.3 Å². The third-order valence-corrected chi connectivity index (χ3v) is 6.49. The lowest BCUT2D eigenvalue weighted by Crippen LogP contribution is -2.21. The molecule has 5 rings (SSSR count). The minimum Gasteiger partial charge on any atom is -0.296 e. The molecule has 0 atom stereocenters. The largest absolute Gasteiger partial charge is 0.296 e. The predicted octanol–water partition coefficient (Wildman–Crippen LogP) is 5.31. The zero-order valence-corrected chi connectivity index (χ0v) is 17.2. The summed E-state index contributed by atoms with van der Waals surface area (Å²) in [6.07, 6.45) is 2.56. The van der Waals surface area contributed by atoms with E-state index in [0.717, 1.165) is 42.1 Å². The van der Waals surface area contributed by atoms with E-state index >= 15 is 0 Å². The normalized spacial score (nSPS) is 14.6. The van der Waals surface area contributed by atoms with Crippen molar-refractivity contribution in [2.75, 3.05) is 13.1 Å². The lowest BCUT2D eigenvalue weighted by atomic mass is 10.1. The van der Waals surface area contributed by atoms with Gasteiger partial charge in [-0.15, -0.1) is 10.2 Å². The minimum absolute atomic E-state index is 0.858. The molecule has 0 amide bonds. The first-order chi connectivity index (χ1) is 14.4. The zero-order valence-electron chi connectivity index (χ0n) is 16.4. The Morgan fingerprint density at radius 1 is 0.793 bits per heavy atom. The fourth-order valence-electron chi connectivity index (χ4n) is 4.03. The quantitative estimate of drug-likeness (QED) is 0.411. The molecule has 1 saturated heterocycles. The van der Waals surface area contributed by atoms with Crippen molar-refractivity contribution in [2.45, 2.75) is 30.3 Å². The van der Waals surface area contributed by atoms with Crippen LogP contribution in [0.2, 0.25) is 0 Å². The maximum Gasteiger partial charge on any atom is 0.196 e. The molecule has 1 fully saturated rings. The Morgan fingerprint density at radius 2 is 1.55 bits per heavy atom. The smallest absolute Gasteiger partial charge is 0.196 e. The summed E-state index contributed by atoms with van der Waals surface area (Å²) >= 11 is 1.76. The topological polar surface area (TPSA) is 34.0 Å². The third kappa shape index (κ3) is 3.93. The van der Waals surface area contributed by atoms with Gasteiger partial charge in [0, 0.05) is 11.4 Å². The van der Waals surface area contributed by atoms with Crippen molar-refractivity contribution in [3.8, 4) is 5.69 Å². The Bertz CT molecular complexity index is 1100. The van der Waals surface area contributed by atoms with Crippen molar-refractivity contribution in [3.63, 3.8) is 0 Å². The Kier molecular flexibility index (Phi) is 5.33. The van der Waals surface area contributed by atoms with E-state index in [0.29, 0.717) is 0 Å². The van der Waals surface area contributed by atoms with E-state index in [9.17, 15) is 0 Å². The summed E-state index contributed by atoms with van der Waals surface area (Å²) in [6.45, 7) is 3.16. The van der Waals surface area contributed by atoms with E-state index in [1.54, 1.807) is 11.8 Å². The number of fused-ring (bicyclic) bond motifs is 1. The highest BCUT2D eigenvalue weighted by Crippen LogP contribution is 2.29. The van der Waals surface area contributed by atoms with E-state index in [4.69, 9.17) is 0 Å². The summed E-state index contributed by atoms with van der Waals surface area (Å²) in [7, 11) is 0. The molecule has 1 aliphatic heterocycles. The molecule has 1 aromatic heterocycles. The SMILES string of the molecule is c1ccc(-n2c(CN3CCCC3)nnc2SCc2cccc3ccccc23)cc1. The van der Waals surface area contributed by atoms with Gasteiger partial charge in [0.25, 0.3) is 0 Å². The summed E-state index contributed by atoms with van der Waals surface area (Å²) in [6, 6.07) is 25.6. The van der Waals surface area contributed by atoms with Crippen LogP contribution < -0.4 is 0 Å². The van der Waals surface area contributed by atoms with Gasteiger partial charge in [-0.2, -0.15) is 0 Å². The molecule has 0 radical (unpaired) electrons. The third-order valence-electron chi connectivity index (χ3n) is 5.52. The van der Waals surface area contributed by atoms with E-state index in [2.05, 4.69) is 92.5 Å². The van der Waals surface area contributed by atoms with Gasteiger partial charge in [-0.25, -0.2) is 0 Å². The summed E-state index contributed by atoms with van der Waals surface area (Å²) in [5, 5.41) is 12.7. The fraction of sp³-hybridized carbons (Fsp3) is 0.250. The van der Waals surface area contributed by atoms with Crippen LogP contribution in [0.25, 0.3) is 16.5 Å². The van der Waals surface area contributed by atoms with Crippen LogP contribution in [-0.4, -0.2) is 32.8 Å². The highest BCUT2D eigenvalue weighted by Gasteiger charge is 2.19. The van der Waals surface area contributed by atoms with Crippen LogP contribution in [0, 0.1) is 0 Å². The Balaban J connectivity index is 1.45. The molecule has 0 aliphatic carbocycles. The van der Waals surface area contributed by atoms with Gasteiger partial charge in [0.05, 0.1) is 6.54 Å². The molecule has 0 saturated carbocycles. The predicted molar refractivity (Wildman–Crippen MR) is 119 cm³/mol. The van der Waals surface area contributed by atoms with Gasteiger partial charge in [-0.1, -0.05) is 72.4 Å². The van der Waals surface area contributed by atoms with Crippen LogP contribution in [0.4, 0.5) is 0 Å². The lowest BCUT2D eigenvalue weighted by molar-refractivity contribution is 0.319. The molecule has 4 nitrogen and oxygen atoms in total. The molecular weight excluding hydrogens is 376 g/mol. The number of rotatable bonds is 6. The highest BCUT2D eigenvalue weighted by molar-refractivity contribution is 7.98. The van der Waals surface area contributed by atoms with Crippen LogP contribution in [0.5, 0.6) is 0 Å². The molecule has 3 aromatic carbocycles. The van der Waals surface area contributed by atoms with E-state index in [-0.39, 0.29) is 0 Å². The molecule has 146 valence electrons. The number of nitrogens with zero attached hydrogens (tertiary/aromatic N) is 4. The maximum atomic E-state index is 4.58. The maximum absolute atomic E-state index is 4.58. The molecule has 4 aromatic rings. The molecule has 29 heavy (non-hydrogen) atoms. The first-order valence-corrected chi connectivity index (χ1v) is 11.2. The molecule has 0 spiro atoms. The van der Waals surface area contributed by atoms with Gasteiger partial charge in [-0.05, 0) is 54.4 Å². The molecular formula is C24H24N4S. The number of benzene rings is 3. The number of aromatic nitrogens is 3. The van der Waals surface area contributed by atoms with Gasteiger partial charge in [0.15, 0.2) is 11.0 Å². The Morgan fingerprint density at radius 3 is 2.41 bits per heavy atom. The molecule has 0 unspecified atom stereocenters. The van der Waals surface area contributed by atoms with Crippen molar-refractivity contribution < 1.29 is 0 Å². The Labute approximate surface area is 175 Å². The van der Waals surface area contributed by atoms with Crippen LogP contribution in [0.1, 0.15) is 24.2 Å². The number of likely N-dealkylation sites (tertiary alicyclic amines) is 1. The van der Waals surface area contributed by atoms with Gasteiger partial charge in [0.2, 0.25) is 0 Å². The van der Waals surface area contributed by atoms with Crippen molar-refractivity contribution in [2.24, 2.45) is 0 Å². The van der Waals surface area contributed by atoms with Crippen molar-refractivity contribution in [1.29, 1.82) is 0 Å². The molecule has 2 heterocycles. The standard InChI is InChI=1S/C24H24N4S/c1-2-12-21(13-3-1)28-23(17-27-15-6-7-16-27)25-26-24(28)29-18-20-11-8-10-19-9-4-5-14-22(19)20/h1-5,8-14H,6-7,15-18H2. The first kappa shape index (κ1) is 18.4. The van der Waals surface area contributed by atoms with Gasteiger partial charge in [-0.3, -0.25) is 9.47 Å². The van der Waals surface area contributed by atoms with Crippen LogP contribution >= 0.6 is 11.8 Å². The van der Waals surface area contributed by atoms with Gasteiger partial charge in [0.1, 0.15) is 0 Å². The summed E-state index contributed by atoms with van der Waals surface area (Å²) in [5.41, 5.74) is 2.46. The van der Waals surface area contributed by atoms with Crippen molar-refractivity contribution >= 4 is 22.5 Å². The van der Waals surface area contributed by atoms with Crippen molar-refractivity contribution in [1.82, 2.24) is 19.7 Å². The monoisotopic (exact) mass is 400 g/mol. The number of para-hydroxylation sites is 1. The highest BCUT2D eigenvalue weighted by atomic mass is 32.2. The van der Waals surface area contributed by atoms with E-state index < -0.39 is 0 Å². The fourth-order valence-corrected chi connectivity index (χ4v) is 5.01. The second-order valence-electron chi connectivity index (χ2n) is 7.48. The molecule has 1 aliphatic rings. The van der Waals surface area contributed by atoms with Gasteiger partial charge >= 0.3 is 0 Å². The minimum atomic E-state index is 0.858. The van der Waals surface area contributed by atoms with E-state index in [1.807, 2.05) is 0 Å². The van der Waals surface area contributed by atoms with E-state index in [1.165, 1.54) is 29.2 Å². The summed E-state index contributed by atoms with van der Waals surface area (Å²) in [5.74, 6) is 1.90. The second-order valence-corrected chi connectivity index (χ2v) is 8.42. The molecule has 0 bridgehead atoms. The number of hydrogen-bond donors (Lipinski definition) is 0. The summed E-state index contributed by atoms with van der Waals surface area (Å²) in [4.78, 5) is 2.47. The zero-order chi connectivity index (χ0) is 19.5. The lowest BCUT2D eigenvalue weighted by Gasteiger charge is -2.16. The van der Waals surface area contributed by atoms with Crippen LogP contribution in [0.15, 0.2) is 78.0 Å². The number of hydrogen-bond acceptors (Lipinski definition) is 4. The Hall–Kier alpha value is -2.63. The molecule has 0 N–H and O–H groups in total. The first-order valence-electron chi connectivity index (χ1n) is 10.2. The van der Waals surface area contributed by atoms with Gasteiger partial charge < -0.3 is 0 Å². The number of thioether (sulfide) groups is 1. The summed E-state index contributed by atoms with van der Waals surface area (Å²) < 4.78 is 2.23. The second kappa shape index (κ2) is 8.39. The average Bonchev–Trinajstić information content (AvgIpc) is 3.43. The molecule has 5 heteroatoms. The van der Waals surface area contributed by atoms with Crippen molar-refractivity contribution in [3.05, 3.63) is 84.2 Å².